The SMILES string of the molecule is CCC(CN)CC(=O)Nc1cccc(S(=O)(=O)N(C)C)c1. The van der Waals surface area contributed by atoms with Crippen LogP contribution in [0.4, 0.5) is 5.69 Å². The van der Waals surface area contributed by atoms with Crippen LogP contribution in [-0.4, -0.2) is 39.3 Å². The molecule has 1 atom stereocenters. The Hall–Kier alpha value is -1.44. The topological polar surface area (TPSA) is 92.5 Å². The van der Waals surface area contributed by atoms with Crippen LogP contribution < -0.4 is 11.1 Å². The number of carbonyl (C=O) groups excluding carboxylic acids is 1. The van der Waals surface area contributed by atoms with E-state index in [1.807, 2.05) is 6.92 Å². The van der Waals surface area contributed by atoms with Gasteiger partial charge in [-0.3, -0.25) is 4.79 Å². The first-order valence-corrected chi connectivity index (χ1v) is 8.27. The Labute approximate surface area is 126 Å². The van der Waals surface area contributed by atoms with Crippen LogP contribution in [0.1, 0.15) is 19.8 Å². The molecule has 0 spiro atoms. The summed E-state index contributed by atoms with van der Waals surface area (Å²) in [5.74, 6) is -0.0228. The zero-order valence-electron chi connectivity index (χ0n) is 12.7. The van der Waals surface area contributed by atoms with Crippen LogP contribution >= 0.6 is 0 Å². The highest BCUT2D eigenvalue weighted by Gasteiger charge is 2.18. The molecule has 0 aliphatic rings. The standard InChI is InChI=1S/C14H23N3O3S/c1-4-11(10-15)8-14(18)16-12-6-5-7-13(9-12)21(19,20)17(2)3/h5-7,9,11H,4,8,10,15H2,1-3H3,(H,16,18). The predicted octanol–water partition coefficient (Wildman–Crippen LogP) is 1.25. The molecule has 3 N–H and O–H groups in total. The highest BCUT2D eigenvalue weighted by molar-refractivity contribution is 7.89. The maximum absolute atomic E-state index is 12.0. The van der Waals surface area contributed by atoms with Gasteiger partial charge in [0.15, 0.2) is 0 Å². The fourth-order valence-corrected chi connectivity index (χ4v) is 2.76. The van der Waals surface area contributed by atoms with E-state index in [-0.39, 0.29) is 16.7 Å². The summed E-state index contributed by atoms with van der Waals surface area (Å²) in [6.07, 6.45) is 1.16. The summed E-state index contributed by atoms with van der Waals surface area (Å²) in [6.45, 7) is 2.44. The van der Waals surface area contributed by atoms with Crippen LogP contribution in [0.15, 0.2) is 29.2 Å². The quantitative estimate of drug-likeness (QED) is 0.792. The Morgan fingerprint density at radius 1 is 1.38 bits per heavy atom. The van der Waals surface area contributed by atoms with E-state index in [0.29, 0.717) is 18.7 Å². The Balaban J connectivity index is 2.85. The van der Waals surface area contributed by atoms with E-state index in [9.17, 15) is 13.2 Å². The van der Waals surface area contributed by atoms with E-state index in [1.54, 1.807) is 12.1 Å². The first-order chi connectivity index (χ1) is 9.81. The van der Waals surface area contributed by atoms with E-state index in [4.69, 9.17) is 5.73 Å². The first kappa shape index (κ1) is 17.6. The minimum Gasteiger partial charge on any atom is -0.330 e. The predicted molar refractivity (Wildman–Crippen MR) is 83.4 cm³/mol. The van der Waals surface area contributed by atoms with Gasteiger partial charge in [0.25, 0.3) is 0 Å². The van der Waals surface area contributed by atoms with Gasteiger partial charge >= 0.3 is 0 Å². The minimum absolute atomic E-state index is 0.138. The highest BCUT2D eigenvalue weighted by Crippen LogP contribution is 2.18. The second-order valence-electron chi connectivity index (χ2n) is 5.08. The number of amides is 1. The second kappa shape index (κ2) is 7.53. The van der Waals surface area contributed by atoms with Crippen molar-refractivity contribution in [2.75, 3.05) is 26.0 Å². The number of rotatable bonds is 7. The Morgan fingerprint density at radius 2 is 2.05 bits per heavy atom. The van der Waals surface area contributed by atoms with Gasteiger partial charge in [-0.1, -0.05) is 19.4 Å². The van der Waals surface area contributed by atoms with Crippen LogP contribution in [0.2, 0.25) is 0 Å². The van der Waals surface area contributed by atoms with Gasteiger partial charge in [-0.05, 0) is 30.7 Å². The van der Waals surface area contributed by atoms with Crippen LogP contribution in [0.5, 0.6) is 0 Å². The minimum atomic E-state index is -3.51. The number of nitrogens with two attached hydrogens (primary N) is 1. The van der Waals surface area contributed by atoms with Crippen LogP contribution in [-0.2, 0) is 14.8 Å². The lowest BCUT2D eigenvalue weighted by atomic mass is 10.0. The van der Waals surface area contributed by atoms with Crippen molar-refractivity contribution in [2.24, 2.45) is 11.7 Å². The number of nitrogens with zero attached hydrogens (tertiary/aromatic N) is 1. The molecule has 0 saturated heterocycles. The average Bonchev–Trinajstić information content (AvgIpc) is 2.44. The smallest absolute Gasteiger partial charge is 0.242 e. The summed E-state index contributed by atoms with van der Waals surface area (Å²) >= 11 is 0. The van der Waals surface area contributed by atoms with Gasteiger partial charge in [0, 0.05) is 26.2 Å². The van der Waals surface area contributed by atoms with Gasteiger partial charge in [0.1, 0.15) is 0 Å². The Kier molecular flexibility index (Phi) is 6.32. The maximum Gasteiger partial charge on any atom is 0.242 e. The van der Waals surface area contributed by atoms with Crippen molar-refractivity contribution < 1.29 is 13.2 Å². The number of anilines is 1. The van der Waals surface area contributed by atoms with Crippen molar-refractivity contribution in [3.63, 3.8) is 0 Å². The fourth-order valence-electron chi connectivity index (χ4n) is 1.81. The highest BCUT2D eigenvalue weighted by atomic mass is 32.2. The molecule has 0 fully saturated rings. The molecule has 0 aromatic heterocycles. The molecular formula is C14H23N3O3S. The van der Waals surface area contributed by atoms with Crippen LogP contribution in [0.25, 0.3) is 0 Å². The van der Waals surface area contributed by atoms with Crippen molar-refractivity contribution in [3.05, 3.63) is 24.3 Å². The lowest BCUT2D eigenvalue weighted by molar-refractivity contribution is -0.117. The summed E-state index contributed by atoms with van der Waals surface area (Å²) < 4.78 is 25.2. The average molecular weight is 313 g/mol. The molecular weight excluding hydrogens is 290 g/mol. The summed E-state index contributed by atoms with van der Waals surface area (Å²) in [4.78, 5) is 12.1. The van der Waals surface area contributed by atoms with E-state index < -0.39 is 10.0 Å². The molecule has 1 amide bonds. The monoisotopic (exact) mass is 313 g/mol. The molecule has 1 rings (SSSR count). The molecule has 6 nitrogen and oxygen atoms in total. The van der Waals surface area contributed by atoms with E-state index in [2.05, 4.69) is 5.32 Å². The molecule has 0 aliphatic heterocycles. The molecule has 1 aromatic rings. The number of nitrogens with one attached hydrogen (secondary N) is 1. The van der Waals surface area contributed by atoms with Crippen molar-refractivity contribution in [1.82, 2.24) is 4.31 Å². The van der Waals surface area contributed by atoms with Gasteiger partial charge in [-0.15, -0.1) is 0 Å². The van der Waals surface area contributed by atoms with Gasteiger partial charge in [0.2, 0.25) is 15.9 Å². The van der Waals surface area contributed by atoms with E-state index >= 15 is 0 Å². The summed E-state index contributed by atoms with van der Waals surface area (Å²) in [5, 5.41) is 2.71. The largest absolute Gasteiger partial charge is 0.330 e. The fraction of sp³-hybridized carbons (Fsp3) is 0.500. The van der Waals surface area contributed by atoms with Crippen LogP contribution in [0.3, 0.4) is 0 Å². The molecule has 0 heterocycles. The Morgan fingerprint density at radius 3 is 2.57 bits per heavy atom. The zero-order valence-corrected chi connectivity index (χ0v) is 13.5. The summed E-state index contributed by atoms with van der Waals surface area (Å²) in [5.41, 5.74) is 6.04. The number of hydrogen-bond donors (Lipinski definition) is 2. The lowest BCUT2D eigenvalue weighted by Gasteiger charge is -2.14. The summed E-state index contributed by atoms with van der Waals surface area (Å²) in [6, 6.07) is 6.22. The Bertz CT molecular complexity index is 581. The number of benzene rings is 1. The molecule has 118 valence electrons. The summed E-state index contributed by atoms with van der Waals surface area (Å²) in [7, 11) is -0.574. The molecule has 0 radical (unpaired) electrons. The third-order valence-corrected chi connectivity index (χ3v) is 5.09. The van der Waals surface area contributed by atoms with Crippen LogP contribution in [0, 0.1) is 5.92 Å². The van der Waals surface area contributed by atoms with Gasteiger partial charge < -0.3 is 11.1 Å². The molecule has 1 unspecified atom stereocenters. The van der Waals surface area contributed by atoms with Gasteiger partial charge in [0.05, 0.1) is 4.90 Å². The molecule has 0 bridgehead atoms. The second-order valence-corrected chi connectivity index (χ2v) is 7.23. The zero-order chi connectivity index (χ0) is 16.0. The van der Waals surface area contributed by atoms with Crippen molar-refractivity contribution in [1.29, 1.82) is 0 Å². The van der Waals surface area contributed by atoms with Gasteiger partial charge in [-0.25, -0.2) is 12.7 Å². The van der Waals surface area contributed by atoms with Crippen molar-refractivity contribution >= 4 is 21.6 Å². The molecule has 0 saturated carbocycles. The third kappa shape index (κ3) is 4.80. The van der Waals surface area contributed by atoms with Crippen molar-refractivity contribution in [3.8, 4) is 0 Å². The molecule has 0 aliphatic carbocycles. The lowest BCUT2D eigenvalue weighted by Crippen LogP contribution is -2.23. The molecule has 21 heavy (non-hydrogen) atoms. The first-order valence-electron chi connectivity index (χ1n) is 6.83. The van der Waals surface area contributed by atoms with E-state index in [0.717, 1.165) is 10.7 Å². The number of hydrogen-bond acceptors (Lipinski definition) is 4. The van der Waals surface area contributed by atoms with Gasteiger partial charge in [-0.2, -0.15) is 0 Å². The maximum atomic E-state index is 12.0. The molecule has 7 heteroatoms. The molecule has 1 aromatic carbocycles. The number of sulfonamides is 1. The number of carbonyl (C=O) groups is 1. The van der Waals surface area contributed by atoms with E-state index in [1.165, 1.54) is 26.2 Å². The third-order valence-electron chi connectivity index (χ3n) is 3.28. The van der Waals surface area contributed by atoms with Crippen molar-refractivity contribution in [2.45, 2.75) is 24.7 Å². The normalized spacial score (nSPS) is 13.2.